The number of aliphatic imine (C=N–C) groups is 1. The van der Waals surface area contributed by atoms with E-state index < -0.39 is 0 Å². The van der Waals surface area contributed by atoms with Crippen LogP contribution in [0.3, 0.4) is 0 Å². The highest BCUT2D eigenvalue weighted by atomic mass is 35.5. The number of benzene rings is 2. The lowest BCUT2D eigenvalue weighted by molar-refractivity contribution is 0.106. The molecule has 0 aromatic heterocycles. The Morgan fingerprint density at radius 2 is 1.84 bits per heavy atom. The molecule has 0 radical (unpaired) electrons. The molecule has 0 atom stereocenters. The van der Waals surface area contributed by atoms with Gasteiger partial charge in [0.05, 0.1) is 11.3 Å². The third-order valence-corrected chi connectivity index (χ3v) is 3.20. The number of halogens is 1. The molecule has 0 fully saturated rings. The number of fused-ring (bicyclic) bond motifs is 1. The highest BCUT2D eigenvalue weighted by molar-refractivity contribution is 6.52. The van der Waals surface area contributed by atoms with Crippen molar-refractivity contribution in [2.24, 2.45) is 4.99 Å². The zero-order valence-electron chi connectivity index (χ0n) is 10.3. The van der Waals surface area contributed by atoms with Crippen LogP contribution in [0.2, 0.25) is 5.02 Å². The maximum absolute atomic E-state index is 12.2. The Kier molecular flexibility index (Phi) is 2.84. The van der Waals surface area contributed by atoms with Gasteiger partial charge in [-0.25, -0.2) is 4.99 Å². The Labute approximate surface area is 115 Å². The maximum Gasteiger partial charge on any atom is 0.230 e. The number of rotatable bonds is 1. The standard InChI is InChI=1S/C15H11ClN2O/c1-9-2-7-13-12(8-9)14(19)15(18-13)17-11-5-3-10(16)4-6-11/h2-8H,1H3,(H,17,18,19). The molecular formula is C15H11ClN2O. The van der Waals surface area contributed by atoms with E-state index in [2.05, 4.69) is 10.3 Å². The van der Waals surface area contributed by atoms with Crippen molar-refractivity contribution in [3.63, 3.8) is 0 Å². The van der Waals surface area contributed by atoms with Crippen LogP contribution in [0.4, 0.5) is 11.4 Å². The molecule has 94 valence electrons. The summed E-state index contributed by atoms with van der Waals surface area (Å²) in [5, 5.41) is 3.68. The predicted molar refractivity (Wildman–Crippen MR) is 77.7 cm³/mol. The smallest absolute Gasteiger partial charge is 0.230 e. The second-order valence-corrected chi connectivity index (χ2v) is 4.88. The van der Waals surface area contributed by atoms with Gasteiger partial charge in [0, 0.05) is 10.7 Å². The number of nitrogens with zero attached hydrogens (tertiary/aromatic N) is 1. The summed E-state index contributed by atoms with van der Waals surface area (Å²) in [5.74, 6) is 0.275. The monoisotopic (exact) mass is 270 g/mol. The lowest BCUT2D eigenvalue weighted by Crippen LogP contribution is -2.19. The van der Waals surface area contributed by atoms with E-state index in [-0.39, 0.29) is 5.78 Å². The van der Waals surface area contributed by atoms with E-state index in [1.165, 1.54) is 0 Å². The molecule has 1 N–H and O–H groups in total. The molecule has 0 saturated carbocycles. The number of hydrogen-bond donors (Lipinski definition) is 1. The molecule has 1 aliphatic rings. The van der Waals surface area contributed by atoms with Gasteiger partial charge in [0.25, 0.3) is 0 Å². The van der Waals surface area contributed by atoms with Crippen LogP contribution in [0.15, 0.2) is 47.5 Å². The lowest BCUT2D eigenvalue weighted by Gasteiger charge is -2.04. The first-order chi connectivity index (χ1) is 9.13. The zero-order chi connectivity index (χ0) is 13.4. The molecule has 2 aromatic carbocycles. The third-order valence-electron chi connectivity index (χ3n) is 2.95. The van der Waals surface area contributed by atoms with Crippen molar-refractivity contribution in [3.05, 3.63) is 58.6 Å². The molecule has 0 unspecified atom stereocenters. The summed E-state index contributed by atoms with van der Waals surface area (Å²) in [4.78, 5) is 16.5. The first-order valence-corrected chi connectivity index (χ1v) is 6.28. The second kappa shape index (κ2) is 4.52. The van der Waals surface area contributed by atoms with E-state index in [4.69, 9.17) is 11.6 Å². The van der Waals surface area contributed by atoms with Gasteiger partial charge >= 0.3 is 0 Å². The van der Waals surface area contributed by atoms with Crippen LogP contribution in [-0.4, -0.2) is 11.6 Å². The molecule has 2 aromatic rings. The number of aryl methyl sites for hydroxylation is 1. The van der Waals surface area contributed by atoms with Gasteiger partial charge in [-0.2, -0.15) is 0 Å². The van der Waals surface area contributed by atoms with Crippen molar-refractivity contribution in [1.29, 1.82) is 0 Å². The van der Waals surface area contributed by atoms with E-state index in [0.717, 1.165) is 11.3 Å². The van der Waals surface area contributed by atoms with Crippen molar-refractivity contribution in [3.8, 4) is 0 Å². The van der Waals surface area contributed by atoms with Crippen LogP contribution in [0, 0.1) is 6.92 Å². The highest BCUT2D eigenvalue weighted by Crippen LogP contribution is 2.28. The first kappa shape index (κ1) is 11.9. The molecule has 3 nitrogen and oxygen atoms in total. The number of nitrogens with one attached hydrogen (secondary N) is 1. The Morgan fingerprint density at radius 3 is 2.58 bits per heavy atom. The molecule has 0 saturated heterocycles. The highest BCUT2D eigenvalue weighted by Gasteiger charge is 2.24. The van der Waals surface area contributed by atoms with Crippen molar-refractivity contribution in [2.45, 2.75) is 6.92 Å². The molecule has 0 aliphatic carbocycles. The average molecular weight is 271 g/mol. The van der Waals surface area contributed by atoms with Crippen molar-refractivity contribution in [1.82, 2.24) is 0 Å². The number of amidine groups is 1. The van der Waals surface area contributed by atoms with Gasteiger partial charge in [-0.15, -0.1) is 0 Å². The van der Waals surface area contributed by atoms with Gasteiger partial charge in [0.2, 0.25) is 5.78 Å². The van der Waals surface area contributed by atoms with Gasteiger partial charge in [-0.1, -0.05) is 23.2 Å². The van der Waals surface area contributed by atoms with Crippen LogP contribution in [-0.2, 0) is 0 Å². The van der Waals surface area contributed by atoms with Crippen LogP contribution >= 0.6 is 11.6 Å². The summed E-state index contributed by atoms with van der Waals surface area (Å²) in [5.41, 5.74) is 3.21. The van der Waals surface area contributed by atoms with E-state index in [0.29, 0.717) is 22.1 Å². The van der Waals surface area contributed by atoms with Crippen LogP contribution in [0.5, 0.6) is 0 Å². The summed E-state index contributed by atoms with van der Waals surface area (Å²) in [7, 11) is 0. The molecule has 19 heavy (non-hydrogen) atoms. The normalized spacial score (nSPS) is 13.2. The molecular weight excluding hydrogens is 260 g/mol. The van der Waals surface area contributed by atoms with Crippen molar-refractivity contribution >= 4 is 34.6 Å². The van der Waals surface area contributed by atoms with E-state index >= 15 is 0 Å². The molecule has 4 heteroatoms. The number of carbonyl (C=O) groups is 1. The van der Waals surface area contributed by atoms with Crippen molar-refractivity contribution in [2.75, 3.05) is 5.32 Å². The van der Waals surface area contributed by atoms with Gasteiger partial charge < -0.3 is 5.32 Å². The molecule has 1 aliphatic heterocycles. The largest absolute Gasteiger partial charge is 0.337 e. The van der Waals surface area contributed by atoms with E-state index in [1.807, 2.05) is 37.3 Å². The number of anilines is 1. The third kappa shape index (κ3) is 2.25. The van der Waals surface area contributed by atoms with Crippen LogP contribution in [0.1, 0.15) is 15.9 Å². The molecule has 0 amide bonds. The van der Waals surface area contributed by atoms with Gasteiger partial charge in [0.1, 0.15) is 0 Å². The number of ketones is 1. The molecule has 1 heterocycles. The Morgan fingerprint density at radius 1 is 1.11 bits per heavy atom. The second-order valence-electron chi connectivity index (χ2n) is 4.44. The average Bonchev–Trinajstić information content (AvgIpc) is 2.70. The van der Waals surface area contributed by atoms with Crippen LogP contribution < -0.4 is 5.32 Å². The van der Waals surface area contributed by atoms with Gasteiger partial charge in [-0.05, 0) is 43.3 Å². The van der Waals surface area contributed by atoms with E-state index in [1.54, 1.807) is 12.1 Å². The Bertz CT molecular complexity index is 690. The van der Waals surface area contributed by atoms with E-state index in [9.17, 15) is 4.79 Å². The fraction of sp³-hybridized carbons (Fsp3) is 0.0667. The van der Waals surface area contributed by atoms with Crippen LogP contribution in [0.25, 0.3) is 0 Å². The molecule has 0 bridgehead atoms. The maximum atomic E-state index is 12.2. The first-order valence-electron chi connectivity index (χ1n) is 5.90. The topological polar surface area (TPSA) is 41.5 Å². The summed E-state index contributed by atoms with van der Waals surface area (Å²) in [6.45, 7) is 1.96. The minimum Gasteiger partial charge on any atom is -0.337 e. The number of Topliss-reactive ketones (excluding diaryl/α,β-unsaturated/α-hetero) is 1. The quantitative estimate of drug-likeness (QED) is 0.851. The minimum absolute atomic E-state index is 0.0753. The summed E-state index contributed by atoms with van der Waals surface area (Å²) in [6.07, 6.45) is 0. The molecule has 3 rings (SSSR count). The lowest BCUT2D eigenvalue weighted by atomic mass is 10.1. The Balaban J connectivity index is 1.89. The summed E-state index contributed by atoms with van der Waals surface area (Å²) in [6, 6.07) is 12.8. The van der Waals surface area contributed by atoms with Gasteiger partial charge in [0.15, 0.2) is 5.84 Å². The number of carbonyl (C=O) groups excluding carboxylic acids is 1. The summed E-state index contributed by atoms with van der Waals surface area (Å²) < 4.78 is 0. The number of hydrogen-bond acceptors (Lipinski definition) is 3. The zero-order valence-corrected chi connectivity index (χ0v) is 11.0. The minimum atomic E-state index is -0.0753. The fourth-order valence-electron chi connectivity index (χ4n) is 1.98. The van der Waals surface area contributed by atoms with Crippen molar-refractivity contribution < 1.29 is 4.79 Å². The van der Waals surface area contributed by atoms with Gasteiger partial charge in [-0.3, -0.25) is 4.79 Å². The Hall–Kier alpha value is -2.13. The summed E-state index contributed by atoms with van der Waals surface area (Å²) >= 11 is 5.82. The molecule has 0 spiro atoms. The predicted octanol–water partition coefficient (Wildman–Crippen LogP) is 3.99. The SMILES string of the molecule is Cc1ccc2c(c1)C(=O)C(Nc1ccc(Cl)cc1)=N2. The fourth-order valence-corrected chi connectivity index (χ4v) is 2.11.